The zero-order valence-electron chi connectivity index (χ0n) is 8.76. The molecule has 0 bridgehead atoms. The lowest BCUT2D eigenvalue weighted by molar-refractivity contribution is 0.536. The van der Waals surface area contributed by atoms with Crippen molar-refractivity contribution < 1.29 is 0 Å². The molecule has 3 heteroatoms. The molecule has 1 radical (unpaired) electrons. The van der Waals surface area contributed by atoms with E-state index in [0.717, 1.165) is 39.0 Å². The number of unbranched alkanes of at least 4 members (excludes halogenated alkanes) is 1. The van der Waals surface area contributed by atoms with Crippen LogP contribution in [0.1, 0.15) is 26.2 Å². The fourth-order valence-electron chi connectivity index (χ4n) is 1.19. The van der Waals surface area contributed by atoms with Crippen LogP contribution in [0.25, 0.3) is 0 Å². The van der Waals surface area contributed by atoms with Crippen molar-refractivity contribution in [3.8, 4) is 0 Å². The van der Waals surface area contributed by atoms with Crippen LogP contribution in [-0.2, 0) is 0 Å². The van der Waals surface area contributed by atoms with E-state index in [4.69, 9.17) is 11.5 Å². The molecule has 1 atom stereocenters. The van der Waals surface area contributed by atoms with E-state index in [0.29, 0.717) is 5.92 Å². The minimum atomic E-state index is 0.692. The van der Waals surface area contributed by atoms with Crippen LogP contribution < -0.4 is 16.8 Å². The van der Waals surface area contributed by atoms with Crippen molar-refractivity contribution >= 4 is 0 Å². The molecular weight excluding hydrogens is 162 g/mol. The lowest BCUT2D eigenvalue weighted by Gasteiger charge is -2.10. The van der Waals surface area contributed by atoms with Crippen molar-refractivity contribution in [2.75, 3.05) is 26.2 Å². The van der Waals surface area contributed by atoms with Crippen molar-refractivity contribution in [3.05, 3.63) is 6.42 Å². The topological polar surface area (TPSA) is 64.1 Å². The quantitative estimate of drug-likeness (QED) is 0.460. The first-order valence-electron chi connectivity index (χ1n) is 5.25. The molecule has 3 nitrogen and oxygen atoms in total. The molecule has 0 saturated carbocycles. The molecular formula is C10H24N3. The Labute approximate surface area is 82.3 Å². The van der Waals surface area contributed by atoms with E-state index in [1.165, 1.54) is 6.42 Å². The molecule has 0 rings (SSSR count). The first kappa shape index (κ1) is 12.9. The van der Waals surface area contributed by atoms with Crippen molar-refractivity contribution in [1.29, 1.82) is 0 Å². The molecule has 13 heavy (non-hydrogen) atoms. The maximum Gasteiger partial charge on any atom is 0.00745 e. The highest BCUT2D eigenvalue weighted by atomic mass is 14.9. The first-order chi connectivity index (χ1) is 6.31. The smallest absolute Gasteiger partial charge is 0.00745 e. The van der Waals surface area contributed by atoms with Gasteiger partial charge in [0.2, 0.25) is 0 Å². The van der Waals surface area contributed by atoms with Crippen molar-refractivity contribution in [2.45, 2.75) is 26.2 Å². The Hall–Kier alpha value is -0.120. The third kappa shape index (κ3) is 9.80. The standard InChI is InChI=1S/C10H24N3/c1-10(4-2-3-6-11)5-8-13-9-7-12/h4,10,13H,2-3,5-9,11-12H2,1H3. The van der Waals surface area contributed by atoms with Gasteiger partial charge in [0.05, 0.1) is 0 Å². The molecule has 5 N–H and O–H groups in total. The third-order valence-electron chi connectivity index (χ3n) is 2.07. The predicted molar refractivity (Wildman–Crippen MR) is 58.3 cm³/mol. The molecule has 0 aliphatic rings. The van der Waals surface area contributed by atoms with Gasteiger partial charge in [-0.25, -0.2) is 0 Å². The van der Waals surface area contributed by atoms with Crippen LogP contribution in [-0.4, -0.2) is 26.2 Å². The summed E-state index contributed by atoms with van der Waals surface area (Å²) < 4.78 is 0. The average Bonchev–Trinajstić information content (AvgIpc) is 2.13. The maximum absolute atomic E-state index is 5.41. The predicted octanol–water partition coefficient (Wildman–Crippen LogP) is 0.504. The zero-order valence-corrected chi connectivity index (χ0v) is 8.76. The Morgan fingerprint density at radius 3 is 2.62 bits per heavy atom. The molecule has 0 amide bonds. The van der Waals surface area contributed by atoms with Crippen molar-refractivity contribution in [2.24, 2.45) is 17.4 Å². The molecule has 79 valence electrons. The van der Waals surface area contributed by atoms with Crippen LogP contribution in [0.2, 0.25) is 0 Å². The summed E-state index contributed by atoms with van der Waals surface area (Å²) in [5.41, 5.74) is 10.8. The molecule has 0 aromatic rings. The first-order valence-corrected chi connectivity index (χ1v) is 5.25. The summed E-state index contributed by atoms with van der Waals surface area (Å²) >= 11 is 0. The Bertz CT molecular complexity index is 96.2. The Kier molecular flexibility index (Phi) is 9.87. The fraction of sp³-hybridized carbons (Fsp3) is 0.900. The molecule has 0 fully saturated rings. The van der Waals surface area contributed by atoms with Gasteiger partial charge >= 0.3 is 0 Å². The Balaban J connectivity index is 3.05. The number of rotatable bonds is 9. The summed E-state index contributed by atoms with van der Waals surface area (Å²) in [5.74, 6) is 0.692. The summed E-state index contributed by atoms with van der Waals surface area (Å²) in [5, 5.41) is 3.29. The fourth-order valence-corrected chi connectivity index (χ4v) is 1.19. The maximum atomic E-state index is 5.41. The molecule has 0 spiro atoms. The second-order valence-corrected chi connectivity index (χ2v) is 3.47. The average molecular weight is 186 g/mol. The lowest BCUT2D eigenvalue weighted by atomic mass is 10.0. The Morgan fingerprint density at radius 1 is 1.23 bits per heavy atom. The van der Waals surface area contributed by atoms with Gasteiger partial charge < -0.3 is 16.8 Å². The SMILES string of the molecule is CC([CH]CCCN)CCNCCN. The third-order valence-corrected chi connectivity index (χ3v) is 2.07. The second kappa shape index (κ2) is 9.96. The van der Waals surface area contributed by atoms with Crippen molar-refractivity contribution in [1.82, 2.24) is 5.32 Å². The van der Waals surface area contributed by atoms with Gasteiger partial charge in [0.25, 0.3) is 0 Å². The molecule has 1 unspecified atom stereocenters. The number of nitrogens with one attached hydrogen (secondary N) is 1. The molecule has 0 heterocycles. The molecule has 0 aromatic heterocycles. The van der Waals surface area contributed by atoms with Crippen LogP contribution in [0.4, 0.5) is 0 Å². The van der Waals surface area contributed by atoms with Gasteiger partial charge in [-0.05, 0) is 44.7 Å². The van der Waals surface area contributed by atoms with Crippen molar-refractivity contribution in [3.63, 3.8) is 0 Å². The zero-order chi connectivity index (χ0) is 9.94. The molecule has 0 aliphatic heterocycles. The highest BCUT2D eigenvalue weighted by Crippen LogP contribution is 2.08. The van der Waals surface area contributed by atoms with Gasteiger partial charge in [-0.2, -0.15) is 0 Å². The van der Waals surface area contributed by atoms with E-state index >= 15 is 0 Å². The largest absolute Gasteiger partial charge is 0.330 e. The lowest BCUT2D eigenvalue weighted by Crippen LogP contribution is -2.24. The summed E-state index contributed by atoms with van der Waals surface area (Å²) in [6.45, 7) is 5.77. The van der Waals surface area contributed by atoms with Gasteiger partial charge in [-0.3, -0.25) is 0 Å². The van der Waals surface area contributed by atoms with E-state index in [-0.39, 0.29) is 0 Å². The van der Waals surface area contributed by atoms with Crippen LogP contribution in [0.3, 0.4) is 0 Å². The van der Waals surface area contributed by atoms with E-state index < -0.39 is 0 Å². The minimum absolute atomic E-state index is 0.692. The number of hydrogen-bond acceptors (Lipinski definition) is 3. The summed E-state index contributed by atoms with van der Waals surface area (Å²) in [4.78, 5) is 0. The van der Waals surface area contributed by atoms with Crippen LogP contribution in [0.15, 0.2) is 0 Å². The minimum Gasteiger partial charge on any atom is -0.330 e. The highest BCUT2D eigenvalue weighted by molar-refractivity contribution is 4.73. The summed E-state index contributed by atoms with van der Waals surface area (Å²) in [7, 11) is 0. The van der Waals surface area contributed by atoms with E-state index in [1.807, 2.05) is 0 Å². The highest BCUT2D eigenvalue weighted by Gasteiger charge is 2.00. The van der Waals surface area contributed by atoms with Gasteiger partial charge in [0.1, 0.15) is 0 Å². The normalized spacial score (nSPS) is 13.2. The van der Waals surface area contributed by atoms with Gasteiger partial charge in [0.15, 0.2) is 0 Å². The molecule has 0 aromatic carbocycles. The monoisotopic (exact) mass is 186 g/mol. The van der Waals surface area contributed by atoms with Crippen LogP contribution >= 0.6 is 0 Å². The van der Waals surface area contributed by atoms with Gasteiger partial charge in [0, 0.05) is 13.1 Å². The number of hydrogen-bond donors (Lipinski definition) is 3. The Morgan fingerprint density at radius 2 is 2.00 bits per heavy atom. The van der Waals surface area contributed by atoms with E-state index in [1.54, 1.807) is 0 Å². The molecule has 0 saturated heterocycles. The van der Waals surface area contributed by atoms with Gasteiger partial charge in [-0.15, -0.1) is 0 Å². The summed E-state index contributed by atoms with van der Waals surface area (Å²) in [6, 6.07) is 0. The van der Waals surface area contributed by atoms with E-state index in [9.17, 15) is 0 Å². The summed E-state index contributed by atoms with van der Waals surface area (Å²) in [6.07, 6.45) is 5.82. The van der Waals surface area contributed by atoms with Gasteiger partial charge in [-0.1, -0.05) is 6.92 Å². The number of nitrogens with two attached hydrogens (primary N) is 2. The second-order valence-electron chi connectivity index (χ2n) is 3.47. The molecule has 0 aliphatic carbocycles. The van der Waals surface area contributed by atoms with Crippen LogP contribution in [0.5, 0.6) is 0 Å². The van der Waals surface area contributed by atoms with E-state index in [2.05, 4.69) is 18.7 Å². The van der Waals surface area contributed by atoms with Crippen LogP contribution in [0, 0.1) is 12.3 Å².